The van der Waals surface area contributed by atoms with E-state index in [2.05, 4.69) is 0 Å². The lowest BCUT2D eigenvalue weighted by atomic mass is 9.86. The third-order valence-corrected chi connectivity index (χ3v) is 10.9. The number of rotatable bonds is 5. The third kappa shape index (κ3) is 5.36. The summed E-state index contributed by atoms with van der Waals surface area (Å²) in [7, 11) is -8.33. The second-order valence-electron chi connectivity index (χ2n) is 8.83. The highest BCUT2D eigenvalue weighted by atomic mass is 32.2. The molecular weight excluding hydrogens is 520 g/mol. The van der Waals surface area contributed by atoms with E-state index in [-0.39, 0.29) is 30.8 Å². The molecule has 0 unspecified atom stereocenters. The number of sulfone groups is 1. The van der Waals surface area contributed by atoms with E-state index in [1.165, 1.54) is 13.8 Å². The zero-order valence-corrected chi connectivity index (χ0v) is 20.3. The van der Waals surface area contributed by atoms with Crippen molar-refractivity contribution >= 4 is 19.9 Å². The van der Waals surface area contributed by atoms with Gasteiger partial charge in [-0.05, 0) is 75.1 Å². The molecule has 1 heterocycles. The van der Waals surface area contributed by atoms with Crippen molar-refractivity contribution in [2.45, 2.75) is 53.6 Å². The Labute approximate surface area is 199 Å². The van der Waals surface area contributed by atoms with Gasteiger partial charge in [-0.2, -0.15) is 30.6 Å². The predicted molar refractivity (Wildman–Crippen MR) is 116 cm³/mol. The molecule has 0 atom stereocenters. The lowest BCUT2D eigenvalue weighted by Gasteiger charge is -2.39. The zero-order chi connectivity index (χ0) is 26.4. The molecular formula is C22H23F6NO4S2. The first kappa shape index (κ1) is 27.5. The van der Waals surface area contributed by atoms with Crippen molar-refractivity contribution in [3.8, 4) is 0 Å². The fourth-order valence-electron chi connectivity index (χ4n) is 4.12. The van der Waals surface area contributed by atoms with Crippen molar-refractivity contribution in [2.75, 3.05) is 13.1 Å². The summed E-state index contributed by atoms with van der Waals surface area (Å²) in [6.45, 7) is 2.62. The van der Waals surface area contributed by atoms with E-state index in [0.717, 1.165) is 34.6 Å². The van der Waals surface area contributed by atoms with Crippen molar-refractivity contribution in [2.24, 2.45) is 5.92 Å². The van der Waals surface area contributed by atoms with Crippen LogP contribution in [0.5, 0.6) is 0 Å². The third-order valence-electron chi connectivity index (χ3n) is 6.42. The van der Waals surface area contributed by atoms with Crippen LogP contribution in [-0.4, -0.2) is 39.0 Å². The molecule has 1 aliphatic heterocycles. The number of halogens is 6. The molecule has 3 rings (SSSR count). The van der Waals surface area contributed by atoms with Gasteiger partial charge in [-0.25, -0.2) is 16.8 Å². The van der Waals surface area contributed by atoms with Crippen LogP contribution < -0.4 is 0 Å². The molecule has 0 amide bonds. The van der Waals surface area contributed by atoms with Crippen LogP contribution in [0.15, 0.2) is 58.3 Å². The maximum absolute atomic E-state index is 13.3. The van der Waals surface area contributed by atoms with Gasteiger partial charge in [0, 0.05) is 13.1 Å². The van der Waals surface area contributed by atoms with Gasteiger partial charge in [-0.15, -0.1) is 0 Å². The Kier molecular flexibility index (Phi) is 7.12. The number of alkyl halides is 6. The van der Waals surface area contributed by atoms with Crippen LogP contribution in [-0.2, 0) is 32.2 Å². The molecule has 13 heteroatoms. The fourth-order valence-corrected chi connectivity index (χ4v) is 7.41. The minimum atomic E-state index is -4.71. The van der Waals surface area contributed by atoms with Gasteiger partial charge in [0.1, 0.15) is 0 Å². The summed E-state index contributed by atoms with van der Waals surface area (Å²) in [5.41, 5.74) is -2.08. The predicted octanol–water partition coefficient (Wildman–Crippen LogP) is 5.38. The molecule has 0 N–H and O–H groups in total. The van der Waals surface area contributed by atoms with E-state index in [1.807, 2.05) is 0 Å². The molecule has 35 heavy (non-hydrogen) atoms. The van der Waals surface area contributed by atoms with E-state index in [0.29, 0.717) is 18.2 Å². The summed E-state index contributed by atoms with van der Waals surface area (Å²) in [6, 6.07) is 6.55. The molecule has 1 fully saturated rings. The number of hydrogen-bond acceptors (Lipinski definition) is 4. The fraction of sp³-hybridized carbons (Fsp3) is 0.455. The van der Waals surface area contributed by atoms with Crippen LogP contribution in [0.1, 0.15) is 37.8 Å². The Morgan fingerprint density at radius 1 is 0.743 bits per heavy atom. The Balaban J connectivity index is 1.78. The quantitative estimate of drug-likeness (QED) is 0.475. The molecule has 2 aromatic carbocycles. The highest BCUT2D eigenvalue weighted by molar-refractivity contribution is 7.92. The second kappa shape index (κ2) is 9.07. The first-order valence-electron chi connectivity index (χ1n) is 10.5. The largest absolute Gasteiger partial charge is 0.416 e. The molecule has 0 aliphatic carbocycles. The SMILES string of the molecule is CC(C)(C1CCN(S(=O)(=O)c2ccc(C(F)(F)F)cc2)CC1)S(=O)(=O)c1cccc(C(F)(F)F)c1. The van der Waals surface area contributed by atoms with Gasteiger partial charge in [0.15, 0.2) is 9.84 Å². The maximum Gasteiger partial charge on any atom is 0.416 e. The van der Waals surface area contributed by atoms with E-state index in [9.17, 15) is 43.2 Å². The monoisotopic (exact) mass is 543 g/mol. The molecule has 5 nitrogen and oxygen atoms in total. The number of benzene rings is 2. The van der Waals surface area contributed by atoms with E-state index >= 15 is 0 Å². The minimum Gasteiger partial charge on any atom is -0.223 e. The second-order valence-corrected chi connectivity index (χ2v) is 13.3. The summed E-state index contributed by atoms with van der Waals surface area (Å²) in [5.74, 6) is -0.568. The number of hydrogen-bond donors (Lipinski definition) is 0. The van der Waals surface area contributed by atoms with Crippen molar-refractivity contribution in [1.82, 2.24) is 4.31 Å². The van der Waals surface area contributed by atoms with Gasteiger partial charge in [0.25, 0.3) is 0 Å². The van der Waals surface area contributed by atoms with Crippen molar-refractivity contribution in [3.05, 3.63) is 59.7 Å². The highest BCUT2D eigenvalue weighted by Crippen LogP contribution is 2.40. The lowest BCUT2D eigenvalue weighted by Crippen LogP contribution is -2.47. The van der Waals surface area contributed by atoms with Gasteiger partial charge in [0.2, 0.25) is 10.0 Å². The molecule has 0 saturated carbocycles. The first-order chi connectivity index (χ1) is 15.9. The van der Waals surface area contributed by atoms with Gasteiger partial charge in [0.05, 0.1) is 25.7 Å². The molecule has 0 spiro atoms. The summed E-state index contributed by atoms with van der Waals surface area (Å²) in [6.07, 6.45) is -9.12. The van der Waals surface area contributed by atoms with Crippen molar-refractivity contribution < 1.29 is 43.2 Å². The van der Waals surface area contributed by atoms with E-state index < -0.39 is 58.9 Å². The maximum atomic E-state index is 13.3. The Morgan fingerprint density at radius 2 is 1.26 bits per heavy atom. The van der Waals surface area contributed by atoms with Gasteiger partial charge in [-0.3, -0.25) is 0 Å². The van der Waals surface area contributed by atoms with Crippen molar-refractivity contribution in [1.29, 1.82) is 0 Å². The molecule has 2 aromatic rings. The zero-order valence-electron chi connectivity index (χ0n) is 18.7. The van der Waals surface area contributed by atoms with Gasteiger partial charge < -0.3 is 0 Å². The van der Waals surface area contributed by atoms with Crippen molar-refractivity contribution in [3.63, 3.8) is 0 Å². The van der Waals surface area contributed by atoms with Gasteiger partial charge in [-0.1, -0.05) is 6.07 Å². The van der Waals surface area contributed by atoms with Crippen LogP contribution in [0.3, 0.4) is 0 Å². The number of piperidine rings is 1. The molecule has 1 aliphatic rings. The molecule has 0 bridgehead atoms. The van der Waals surface area contributed by atoms with E-state index in [1.54, 1.807) is 0 Å². The number of sulfonamides is 1. The lowest BCUT2D eigenvalue weighted by molar-refractivity contribution is -0.138. The van der Waals surface area contributed by atoms with Gasteiger partial charge >= 0.3 is 12.4 Å². The smallest absolute Gasteiger partial charge is 0.223 e. The van der Waals surface area contributed by atoms with Crippen LogP contribution in [0, 0.1) is 5.92 Å². The van der Waals surface area contributed by atoms with Crippen LogP contribution in [0.25, 0.3) is 0 Å². The summed E-state index contributed by atoms with van der Waals surface area (Å²) < 4.78 is 129. The molecule has 0 aromatic heterocycles. The topological polar surface area (TPSA) is 71.5 Å². The molecule has 0 radical (unpaired) electrons. The minimum absolute atomic E-state index is 0.0877. The summed E-state index contributed by atoms with van der Waals surface area (Å²) in [5, 5.41) is 0. The average Bonchev–Trinajstić information content (AvgIpc) is 2.78. The molecule has 1 saturated heterocycles. The van der Waals surface area contributed by atoms with Crippen LogP contribution in [0.4, 0.5) is 26.3 Å². The number of nitrogens with zero attached hydrogens (tertiary/aromatic N) is 1. The highest BCUT2D eigenvalue weighted by Gasteiger charge is 2.45. The summed E-state index contributed by atoms with van der Waals surface area (Å²) in [4.78, 5) is -0.795. The summed E-state index contributed by atoms with van der Waals surface area (Å²) >= 11 is 0. The first-order valence-corrected chi connectivity index (χ1v) is 13.4. The standard InChI is InChI=1S/C22H23F6NO4S2/c1-20(2,34(30,31)19-5-3-4-17(14-19)22(26,27)28)15-10-12-29(13-11-15)35(32,33)18-8-6-16(7-9-18)21(23,24)25/h3-9,14-15H,10-13H2,1-2H3. The normalized spacial score (nSPS) is 17.5. The Morgan fingerprint density at radius 3 is 1.74 bits per heavy atom. The van der Waals surface area contributed by atoms with Crippen LogP contribution in [0.2, 0.25) is 0 Å². The van der Waals surface area contributed by atoms with E-state index in [4.69, 9.17) is 0 Å². The Bertz CT molecular complexity index is 1280. The molecule has 194 valence electrons. The Hall–Kier alpha value is -2.12. The average molecular weight is 544 g/mol. The van der Waals surface area contributed by atoms with Crippen LogP contribution >= 0.6 is 0 Å².